The molecule has 1 saturated heterocycles. The van der Waals surface area contributed by atoms with E-state index in [2.05, 4.69) is 27.3 Å². The molecule has 19 heavy (non-hydrogen) atoms. The van der Waals surface area contributed by atoms with Gasteiger partial charge in [-0.25, -0.2) is 0 Å². The minimum absolute atomic E-state index is 0.598. The van der Waals surface area contributed by atoms with Crippen LogP contribution in [0.4, 0.5) is 6.01 Å². The van der Waals surface area contributed by atoms with Gasteiger partial charge in [0.05, 0.1) is 13.2 Å². The molecular formula is C13H24N4O2. The van der Waals surface area contributed by atoms with Crippen molar-refractivity contribution in [2.75, 3.05) is 38.3 Å². The molecule has 1 aliphatic rings. The molecule has 1 atom stereocenters. The Morgan fingerprint density at radius 2 is 2.26 bits per heavy atom. The Morgan fingerprint density at radius 3 is 3.11 bits per heavy atom. The van der Waals surface area contributed by atoms with Crippen LogP contribution in [0.25, 0.3) is 0 Å². The van der Waals surface area contributed by atoms with E-state index < -0.39 is 0 Å². The summed E-state index contributed by atoms with van der Waals surface area (Å²) >= 11 is 0. The topological polar surface area (TPSA) is 63.4 Å². The summed E-state index contributed by atoms with van der Waals surface area (Å²) < 4.78 is 10.7. The van der Waals surface area contributed by atoms with Crippen molar-refractivity contribution < 1.29 is 9.15 Å². The van der Waals surface area contributed by atoms with Crippen LogP contribution in [0.5, 0.6) is 0 Å². The summed E-state index contributed by atoms with van der Waals surface area (Å²) in [6, 6.07) is 0.664. The fraction of sp³-hybridized carbons (Fsp3) is 0.846. The summed E-state index contributed by atoms with van der Waals surface area (Å²) in [7, 11) is 1.69. The van der Waals surface area contributed by atoms with Gasteiger partial charge in [0.25, 0.3) is 0 Å². The first kappa shape index (κ1) is 14.3. The number of methoxy groups -OCH3 is 1. The minimum atomic E-state index is 0.598. The van der Waals surface area contributed by atoms with Crippen molar-refractivity contribution in [1.29, 1.82) is 0 Å². The van der Waals surface area contributed by atoms with Gasteiger partial charge in [-0.2, -0.15) is 0 Å². The van der Waals surface area contributed by atoms with E-state index in [-0.39, 0.29) is 0 Å². The molecule has 108 valence electrons. The summed E-state index contributed by atoms with van der Waals surface area (Å²) in [6.45, 7) is 6.41. The molecule has 1 fully saturated rings. The molecule has 0 saturated carbocycles. The van der Waals surface area contributed by atoms with Crippen LogP contribution in [0.1, 0.15) is 32.1 Å². The third kappa shape index (κ3) is 4.47. The van der Waals surface area contributed by atoms with Crippen molar-refractivity contribution in [3.63, 3.8) is 0 Å². The molecule has 0 aromatic carbocycles. The lowest BCUT2D eigenvalue weighted by Gasteiger charge is -2.16. The summed E-state index contributed by atoms with van der Waals surface area (Å²) in [5.41, 5.74) is 0. The second kappa shape index (κ2) is 7.45. The molecule has 0 radical (unpaired) electrons. The Bertz CT molecular complexity index is 369. The van der Waals surface area contributed by atoms with Crippen LogP contribution in [-0.4, -0.2) is 43.5 Å². The molecule has 0 amide bonds. The molecular weight excluding hydrogens is 244 g/mol. The molecule has 0 bridgehead atoms. The van der Waals surface area contributed by atoms with Gasteiger partial charge in [-0.1, -0.05) is 12.0 Å². The molecule has 6 nitrogen and oxygen atoms in total. The van der Waals surface area contributed by atoms with Gasteiger partial charge < -0.3 is 19.4 Å². The zero-order valence-electron chi connectivity index (χ0n) is 11.9. The fourth-order valence-corrected chi connectivity index (χ4v) is 2.27. The van der Waals surface area contributed by atoms with Crippen LogP contribution in [-0.2, 0) is 11.3 Å². The summed E-state index contributed by atoms with van der Waals surface area (Å²) in [4.78, 5) is 2.20. The first-order valence-corrected chi connectivity index (χ1v) is 7.06. The second-order valence-electron chi connectivity index (χ2n) is 5.17. The van der Waals surface area contributed by atoms with Crippen molar-refractivity contribution in [3.05, 3.63) is 5.89 Å². The number of hydrogen-bond acceptors (Lipinski definition) is 6. The first-order valence-electron chi connectivity index (χ1n) is 7.06. The van der Waals surface area contributed by atoms with Crippen molar-refractivity contribution in [1.82, 2.24) is 15.5 Å². The van der Waals surface area contributed by atoms with E-state index in [4.69, 9.17) is 9.15 Å². The lowest BCUT2D eigenvalue weighted by molar-refractivity contribution is 0.198. The van der Waals surface area contributed by atoms with E-state index in [1.165, 1.54) is 19.3 Å². The number of nitrogens with zero attached hydrogens (tertiary/aromatic N) is 3. The molecule has 2 heterocycles. The highest BCUT2D eigenvalue weighted by molar-refractivity contribution is 5.24. The maximum atomic E-state index is 5.69. The van der Waals surface area contributed by atoms with Crippen LogP contribution >= 0.6 is 0 Å². The standard InChI is InChI=1S/C13H24N4O2/c1-11-4-3-7-17(8-5-11)13-16-15-12(19-13)10-14-6-9-18-2/h11,14H,3-10H2,1-2H3. The van der Waals surface area contributed by atoms with Crippen LogP contribution in [0, 0.1) is 5.92 Å². The largest absolute Gasteiger partial charge is 0.407 e. The number of anilines is 1. The Labute approximate surface area is 114 Å². The van der Waals surface area contributed by atoms with E-state index in [1.54, 1.807) is 7.11 Å². The number of nitrogens with one attached hydrogen (secondary N) is 1. The Morgan fingerprint density at radius 1 is 1.37 bits per heavy atom. The highest BCUT2D eigenvalue weighted by Crippen LogP contribution is 2.21. The third-order valence-electron chi connectivity index (χ3n) is 3.50. The third-order valence-corrected chi connectivity index (χ3v) is 3.50. The SMILES string of the molecule is COCCNCc1nnc(N2CCCC(C)CC2)o1. The van der Waals surface area contributed by atoms with Crippen LogP contribution in [0.15, 0.2) is 4.42 Å². The molecule has 0 spiro atoms. The summed E-state index contributed by atoms with van der Waals surface area (Å²) in [6.07, 6.45) is 3.69. The maximum absolute atomic E-state index is 5.69. The first-order chi connectivity index (χ1) is 9.29. The number of hydrogen-bond donors (Lipinski definition) is 1. The fourth-order valence-electron chi connectivity index (χ4n) is 2.27. The Kier molecular flexibility index (Phi) is 5.60. The highest BCUT2D eigenvalue weighted by Gasteiger charge is 2.18. The molecule has 2 rings (SSSR count). The normalized spacial score (nSPS) is 20.5. The van der Waals surface area contributed by atoms with E-state index in [9.17, 15) is 0 Å². The average Bonchev–Trinajstić information content (AvgIpc) is 2.77. The van der Waals surface area contributed by atoms with Gasteiger partial charge in [-0.05, 0) is 25.2 Å². The van der Waals surface area contributed by atoms with Gasteiger partial charge in [0, 0.05) is 26.7 Å². The molecule has 1 aromatic heterocycles. The van der Waals surface area contributed by atoms with Gasteiger partial charge in [-0.3, -0.25) is 0 Å². The summed E-state index contributed by atoms with van der Waals surface area (Å²) in [5.74, 6) is 1.44. The minimum Gasteiger partial charge on any atom is -0.407 e. The molecule has 1 aliphatic heterocycles. The Balaban J connectivity index is 1.82. The zero-order chi connectivity index (χ0) is 13.5. The number of rotatable bonds is 6. The number of ether oxygens (including phenoxy) is 1. The van der Waals surface area contributed by atoms with Crippen LogP contribution in [0.3, 0.4) is 0 Å². The molecule has 1 unspecified atom stereocenters. The molecule has 1 N–H and O–H groups in total. The van der Waals surface area contributed by atoms with Gasteiger partial charge in [0.1, 0.15) is 0 Å². The van der Waals surface area contributed by atoms with Gasteiger partial charge in [-0.15, -0.1) is 5.10 Å². The van der Waals surface area contributed by atoms with E-state index >= 15 is 0 Å². The maximum Gasteiger partial charge on any atom is 0.318 e. The predicted molar refractivity (Wildman–Crippen MR) is 73.1 cm³/mol. The number of aromatic nitrogens is 2. The van der Waals surface area contributed by atoms with Gasteiger partial charge >= 0.3 is 6.01 Å². The second-order valence-corrected chi connectivity index (χ2v) is 5.17. The monoisotopic (exact) mass is 268 g/mol. The summed E-state index contributed by atoms with van der Waals surface area (Å²) in [5, 5.41) is 11.4. The van der Waals surface area contributed by atoms with Crippen LogP contribution in [0.2, 0.25) is 0 Å². The van der Waals surface area contributed by atoms with Crippen LogP contribution < -0.4 is 10.2 Å². The zero-order valence-corrected chi connectivity index (χ0v) is 11.9. The highest BCUT2D eigenvalue weighted by atomic mass is 16.5. The van der Waals surface area contributed by atoms with E-state index in [0.717, 1.165) is 25.6 Å². The smallest absolute Gasteiger partial charge is 0.318 e. The van der Waals surface area contributed by atoms with Gasteiger partial charge in [0.2, 0.25) is 5.89 Å². The van der Waals surface area contributed by atoms with E-state index in [0.29, 0.717) is 25.1 Å². The predicted octanol–water partition coefficient (Wildman–Crippen LogP) is 1.43. The molecule has 6 heteroatoms. The lowest BCUT2D eigenvalue weighted by Crippen LogP contribution is -2.24. The quantitative estimate of drug-likeness (QED) is 0.788. The van der Waals surface area contributed by atoms with Crippen molar-refractivity contribution >= 4 is 6.01 Å². The van der Waals surface area contributed by atoms with Gasteiger partial charge in [0.15, 0.2) is 0 Å². The molecule has 1 aromatic rings. The lowest BCUT2D eigenvalue weighted by atomic mass is 10.0. The van der Waals surface area contributed by atoms with Crippen molar-refractivity contribution in [2.24, 2.45) is 5.92 Å². The molecule has 0 aliphatic carbocycles. The van der Waals surface area contributed by atoms with Crippen molar-refractivity contribution in [3.8, 4) is 0 Å². The Hall–Kier alpha value is -1.14. The van der Waals surface area contributed by atoms with Crippen molar-refractivity contribution in [2.45, 2.75) is 32.7 Å². The average molecular weight is 268 g/mol. The van der Waals surface area contributed by atoms with E-state index in [1.807, 2.05) is 0 Å².